The fourth-order valence-corrected chi connectivity index (χ4v) is 2.18. The molecule has 7 heteroatoms. The van der Waals surface area contributed by atoms with Gasteiger partial charge >= 0.3 is 0 Å². The Hall–Kier alpha value is -2.83. The number of aromatic nitrogens is 2. The molecule has 22 heavy (non-hydrogen) atoms. The highest BCUT2D eigenvalue weighted by atomic mass is 16.2. The summed E-state index contributed by atoms with van der Waals surface area (Å²) in [5.74, 6) is -1.03. The molecule has 0 spiro atoms. The molecule has 0 atom stereocenters. The topological polar surface area (TPSA) is 100 Å². The molecule has 0 radical (unpaired) electrons. The van der Waals surface area contributed by atoms with E-state index < -0.39 is 5.91 Å². The van der Waals surface area contributed by atoms with Crippen LogP contribution < -0.4 is 10.9 Å². The van der Waals surface area contributed by atoms with Gasteiger partial charge in [-0.25, -0.2) is 9.55 Å². The highest BCUT2D eigenvalue weighted by Gasteiger charge is 2.11. The van der Waals surface area contributed by atoms with Crippen molar-refractivity contribution < 1.29 is 9.59 Å². The van der Waals surface area contributed by atoms with Crippen LogP contribution in [0.3, 0.4) is 0 Å². The summed E-state index contributed by atoms with van der Waals surface area (Å²) in [6, 6.07) is 5.71. The van der Waals surface area contributed by atoms with Gasteiger partial charge < -0.3 is 0 Å². The quantitative estimate of drug-likeness (QED) is 0.566. The minimum absolute atomic E-state index is 0.0712. The minimum Gasteiger partial charge on any atom is -0.295 e. The number of guanidine groups is 1. The molecule has 0 saturated carbocycles. The lowest BCUT2D eigenvalue weighted by Crippen LogP contribution is -2.34. The molecule has 1 aromatic heterocycles. The molecule has 2 aromatic rings. The summed E-state index contributed by atoms with van der Waals surface area (Å²) >= 11 is 0. The second-order valence-corrected chi connectivity index (χ2v) is 5.01. The second-order valence-electron chi connectivity index (χ2n) is 5.01. The lowest BCUT2D eigenvalue weighted by Gasteiger charge is -2.11. The standard InChI is InChI=1S/C15H17N5O2/c1-8-5-6-12-9(2)17-15(19-14(16)18-10(3)21)20(11(4)22)13(12)7-8/h5-7H,1-4H3,(H2,16,18,21)/b19-15+. The van der Waals surface area contributed by atoms with Crippen LogP contribution in [0, 0.1) is 19.3 Å². The predicted molar refractivity (Wildman–Crippen MR) is 82.6 cm³/mol. The van der Waals surface area contributed by atoms with Gasteiger partial charge in [-0.3, -0.25) is 20.3 Å². The van der Waals surface area contributed by atoms with Gasteiger partial charge in [0.25, 0.3) is 0 Å². The molecular formula is C15H17N5O2. The Morgan fingerprint density at radius 1 is 1.27 bits per heavy atom. The van der Waals surface area contributed by atoms with Crippen LogP contribution in [0.25, 0.3) is 10.9 Å². The van der Waals surface area contributed by atoms with Crippen molar-refractivity contribution >= 4 is 28.7 Å². The zero-order chi connectivity index (χ0) is 16.4. The monoisotopic (exact) mass is 299 g/mol. The molecule has 2 N–H and O–H groups in total. The summed E-state index contributed by atoms with van der Waals surface area (Å²) in [6.07, 6.45) is 0. The molecule has 0 aliphatic heterocycles. The first-order chi connectivity index (χ1) is 10.3. The van der Waals surface area contributed by atoms with Gasteiger partial charge in [-0.05, 0) is 25.5 Å². The Bertz CT molecular complexity index is 864. The van der Waals surface area contributed by atoms with Gasteiger partial charge in [0.1, 0.15) is 0 Å². The highest BCUT2D eigenvalue weighted by Crippen LogP contribution is 2.16. The first-order valence-electron chi connectivity index (χ1n) is 6.71. The average molecular weight is 299 g/mol. The molecule has 0 aliphatic carbocycles. The molecule has 1 aromatic carbocycles. The third-order valence-electron chi connectivity index (χ3n) is 3.07. The Labute approximate surface area is 127 Å². The molecule has 0 bridgehead atoms. The van der Waals surface area contributed by atoms with Crippen LogP contribution in [0.1, 0.15) is 29.9 Å². The Morgan fingerprint density at radius 2 is 1.95 bits per heavy atom. The zero-order valence-electron chi connectivity index (χ0n) is 12.9. The maximum atomic E-state index is 12.0. The lowest BCUT2D eigenvalue weighted by molar-refractivity contribution is -0.117. The van der Waals surface area contributed by atoms with E-state index in [2.05, 4.69) is 15.3 Å². The van der Waals surface area contributed by atoms with E-state index in [4.69, 9.17) is 5.41 Å². The molecule has 0 aliphatic rings. The molecule has 0 unspecified atom stereocenters. The molecule has 1 amide bonds. The number of nitrogens with one attached hydrogen (secondary N) is 2. The summed E-state index contributed by atoms with van der Waals surface area (Å²) in [6.45, 7) is 6.42. The van der Waals surface area contributed by atoms with Crippen LogP contribution in [-0.4, -0.2) is 27.3 Å². The van der Waals surface area contributed by atoms with E-state index in [1.807, 2.05) is 32.0 Å². The van der Waals surface area contributed by atoms with Crippen LogP contribution in [0.5, 0.6) is 0 Å². The van der Waals surface area contributed by atoms with E-state index in [0.29, 0.717) is 11.2 Å². The molecule has 1 heterocycles. The van der Waals surface area contributed by atoms with Gasteiger partial charge in [-0.1, -0.05) is 12.1 Å². The number of aryl methyl sites for hydroxylation is 2. The number of carbonyl (C=O) groups excluding carboxylic acids is 2. The first-order valence-corrected chi connectivity index (χ1v) is 6.71. The zero-order valence-corrected chi connectivity index (χ0v) is 12.9. The molecular weight excluding hydrogens is 282 g/mol. The van der Waals surface area contributed by atoms with E-state index in [-0.39, 0.29) is 17.5 Å². The van der Waals surface area contributed by atoms with Crippen molar-refractivity contribution in [1.29, 1.82) is 5.41 Å². The molecule has 0 fully saturated rings. The second kappa shape index (κ2) is 5.88. The number of nitrogens with zero attached hydrogens (tertiary/aromatic N) is 3. The summed E-state index contributed by atoms with van der Waals surface area (Å²) in [7, 11) is 0. The van der Waals surface area contributed by atoms with Crippen molar-refractivity contribution in [2.75, 3.05) is 0 Å². The molecule has 0 saturated heterocycles. The van der Waals surface area contributed by atoms with Crippen LogP contribution >= 0.6 is 0 Å². The van der Waals surface area contributed by atoms with Crippen LogP contribution in [0.15, 0.2) is 23.2 Å². The summed E-state index contributed by atoms with van der Waals surface area (Å²) < 4.78 is 1.34. The normalized spacial score (nSPS) is 11.5. The third-order valence-corrected chi connectivity index (χ3v) is 3.07. The van der Waals surface area contributed by atoms with Crippen molar-refractivity contribution in [1.82, 2.24) is 14.9 Å². The van der Waals surface area contributed by atoms with Crippen LogP contribution in [-0.2, 0) is 4.79 Å². The number of benzene rings is 1. The summed E-state index contributed by atoms with van der Waals surface area (Å²) in [5.41, 5.74) is 2.44. The van der Waals surface area contributed by atoms with Crippen molar-refractivity contribution in [2.24, 2.45) is 4.99 Å². The Balaban J connectivity index is 2.82. The van der Waals surface area contributed by atoms with Crippen LogP contribution in [0.2, 0.25) is 0 Å². The SMILES string of the molecule is CC(=O)NC(=N)/N=c1\nc(C)c2ccc(C)cc2n1C(C)=O. The largest absolute Gasteiger partial charge is 0.295 e. The molecule has 114 valence electrons. The van der Waals surface area contributed by atoms with E-state index in [1.165, 1.54) is 18.4 Å². The first kappa shape index (κ1) is 15.6. The number of amides is 1. The summed E-state index contributed by atoms with van der Waals surface area (Å²) in [5, 5.41) is 10.7. The maximum absolute atomic E-state index is 12.0. The van der Waals surface area contributed by atoms with E-state index in [9.17, 15) is 9.59 Å². The van der Waals surface area contributed by atoms with Gasteiger partial charge in [-0.2, -0.15) is 4.99 Å². The Kier molecular flexibility index (Phi) is 4.16. The number of fused-ring (bicyclic) bond motifs is 1. The lowest BCUT2D eigenvalue weighted by atomic mass is 10.1. The third kappa shape index (κ3) is 3.08. The molecule has 2 rings (SSSR count). The fourth-order valence-electron chi connectivity index (χ4n) is 2.18. The van der Waals surface area contributed by atoms with Crippen LogP contribution in [0.4, 0.5) is 0 Å². The number of hydrogen-bond acceptors (Lipinski definition) is 4. The van der Waals surface area contributed by atoms with Crippen molar-refractivity contribution in [2.45, 2.75) is 27.7 Å². The van der Waals surface area contributed by atoms with Gasteiger partial charge in [-0.15, -0.1) is 0 Å². The number of rotatable bonds is 0. The van der Waals surface area contributed by atoms with Crippen molar-refractivity contribution in [3.63, 3.8) is 0 Å². The smallest absolute Gasteiger partial charge is 0.240 e. The molecule has 7 nitrogen and oxygen atoms in total. The summed E-state index contributed by atoms with van der Waals surface area (Å²) in [4.78, 5) is 31.2. The minimum atomic E-state index is -0.406. The number of hydrogen-bond donors (Lipinski definition) is 2. The van der Waals surface area contributed by atoms with Gasteiger partial charge in [0.15, 0.2) is 0 Å². The van der Waals surface area contributed by atoms with E-state index in [0.717, 1.165) is 10.9 Å². The van der Waals surface area contributed by atoms with E-state index in [1.54, 1.807) is 0 Å². The van der Waals surface area contributed by atoms with Gasteiger partial charge in [0.2, 0.25) is 23.4 Å². The fraction of sp³-hybridized carbons (Fsp3) is 0.267. The van der Waals surface area contributed by atoms with Crippen molar-refractivity contribution in [3.05, 3.63) is 35.1 Å². The van der Waals surface area contributed by atoms with E-state index >= 15 is 0 Å². The Morgan fingerprint density at radius 3 is 2.55 bits per heavy atom. The van der Waals surface area contributed by atoms with Gasteiger partial charge in [0.05, 0.1) is 11.2 Å². The maximum Gasteiger partial charge on any atom is 0.240 e. The predicted octanol–water partition coefficient (Wildman–Crippen LogP) is 1.28. The highest BCUT2D eigenvalue weighted by molar-refractivity contribution is 5.95. The van der Waals surface area contributed by atoms with Gasteiger partial charge in [0, 0.05) is 19.2 Å². The van der Waals surface area contributed by atoms with Crippen molar-refractivity contribution in [3.8, 4) is 0 Å². The average Bonchev–Trinajstić information content (AvgIpc) is 2.36. The number of carbonyl (C=O) groups is 2.